The van der Waals surface area contributed by atoms with Crippen molar-refractivity contribution in [3.05, 3.63) is 108 Å². The van der Waals surface area contributed by atoms with Gasteiger partial charge in [-0.3, -0.25) is 9.78 Å². The fourth-order valence-electron chi connectivity index (χ4n) is 4.43. The lowest BCUT2D eigenvalue weighted by Crippen LogP contribution is -2.48. The summed E-state index contributed by atoms with van der Waals surface area (Å²) in [6, 6.07) is 23.9. The molecule has 1 amide bonds. The first-order valence-corrected chi connectivity index (χ1v) is 11.4. The molecule has 0 unspecified atom stereocenters. The van der Waals surface area contributed by atoms with Gasteiger partial charge in [-0.25, -0.2) is 0 Å². The van der Waals surface area contributed by atoms with Gasteiger partial charge in [-0.05, 0) is 35.4 Å². The van der Waals surface area contributed by atoms with Gasteiger partial charge < -0.3 is 14.4 Å². The monoisotopic (exact) mass is 447 g/mol. The molecule has 1 aliphatic rings. The summed E-state index contributed by atoms with van der Waals surface area (Å²) >= 11 is 0. The average Bonchev–Trinajstić information content (AvgIpc) is 3.33. The molecule has 2 aromatic carbocycles. The van der Waals surface area contributed by atoms with Crippen molar-refractivity contribution in [1.82, 2.24) is 14.5 Å². The third kappa shape index (κ3) is 4.55. The van der Waals surface area contributed by atoms with Crippen LogP contribution in [0.2, 0.25) is 0 Å². The zero-order valence-corrected chi connectivity index (χ0v) is 18.8. The summed E-state index contributed by atoms with van der Waals surface area (Å²) < 4.78 is 2.07. The van der Waals surface area contributed by atoms with E-state index in [2.05, 4.69) is 26.7 Å². The SMILES string of the molecule is N#Cc1cccc(N2CCN(C(=O)c3cn(Cc4cccnc4)cc3-c3ccccc3)CC2)c1. The van der Waals surface area contributed by atoms with Gasteiger partial charge in [0.05, 0.1) is 17.2 Å². The van der Waals surface area contributed by atoms with E-state index in [0.717, 1.165) is 41.0 Å². The first-order valence-electron chi connectivity index (χ1n) is 11.4. The van der Waals surface area contributed by atoms with Gasteiger partial charge in [0.1, 0.15) is 0 Å². The molecule has 34 heavy (non-hydrogen) atoms. The highest BCUT2D eigenvalue weighted by atomic mass is 16.2. The summed E-state index contributed by atoms with van der Waals surface area (Å²) in [4.78, 5) is 22.0. The smallest absolute Gasteiger partial charge is 0.256 e. The first kappa shape index (κ1) is 21.5. The lowest BCUT2D eigenvalue weighted by atomic mass is 10.0. The fourth-order valence-corrected chi connectivity index (χ4v) is 4.43. The van der Waals surface area contributed by atoms with Crippen molar-refractivity contribution in [2.45, 2.75) is 6.54 Å². The Bertz CT molecular complexity index is 1320. The molecule has 0 bridgehead atoms. The molecule has 0 radical (unpaired) electrons. The van der Waals surface area contributed by atoms with Crippen molar-refractivity contribution in [3.8, 4) is 17.2 Å². The van der Waals surface area contributed by atoms with Crippen molar-refractivity contribution in [3.63, 3.8) is 0 Å². The average molecular weight is 448 g/mol. The Hall–Kier alpha value is -4.37. The van der Waals surface area contributed by atoms with E-state index < -0.39 is 0 Å². The highest BCUT2D eigenvalue weighted by molar-refractivity contribution is 6.01. The molecular formula is C28H25N5O. The summed E-state index contributed by atoms with van der Waals surface area (Å²) in [6.07, 6.45) is 7.63. The Balaban J connectivity index is 1.37. The van der Waals surface area contributed by atoms with Crippen LogP contribution < -0.4 is 4.90 Å². The van der Waals surface area contributed by atoms with Crippen molar-refractivity contribution >= 4 is 11.6 Å². The van der Waals surface area contributed by atoms with Crippen LogP contribution in [0, 0.1) is 11.3 Å². The number of anilines is 1. The van der Waals surface area contributed by atoms with Gasteiger partial charge in [0.15, 0.2) is 0 Å². The Kier molecular flexibility index (Phi) is 6.09. The van der Waals surface area contributed by atoms with E-state index in [9.17, 15) is 10.1 Å². The van der Waals surface area contributed by atoms with Crippen molar-refractivity contribution in [2.24, 2.45) is 0 Å². The highest BCUT2D eigenvalue weighted by Gasteiger charge is 2.25. The minimum atomic E-state index is 0.0502. The molecule has 6 nitrogen and oxygen atoms in total. The summed E-state index contributed by atoms with van der Waals surface area (Å²) in [5.41, 5.74) is 5.46. The summed E-state index contributed by atoms with van der Waals surface area (Å²) in [6.45, 7) is 3.40. The first-order chi connectivity index (χ1) is 16.7. The predicted octanol–water partition coefficient (Wildman–Crippen LogP) is 4.43. The second-order valence-corrected chi connectivity index (χ2v) is 8.43. The minimum absolute atomic E-state index is 0.0502. The molecule has 0 atom stereocenters. The summed E-state index contributed by atoms with van der Waals surface area (Å²) in [7, 11) is 0. The van der Waals surface area contributed by atoms with Crippen LogP contribution in [-0.4, -0.2) is 46.5 Å². The number of hydrogen-bond donors (Lipinski definition) is 0. The number of carbonyl (C=O) groups excluding carboxylic acids is 1. The number of rotatable bonds is 5. The van der Waals surface area contributed by atoms with Crippen LogP contribution in [0.15, 0.2) is 91.5 Å². The topological polar surface area (TPSA) is 65.2 Å². The molecule has 168 valence electrons. The maximum Gasteiger partial charge on any atom is 0.256 e. The molecule has 3 heterocycles. The van der Waals surface area contributed by atoms with Gasteiger partial charge in [-0.15, -0.1) is 0 Å². The Morgan fingerprint density at radius 3 is 2.50 bits per heavy atom. The molecule has 1 saturated heterocycles. The molecule has 0 spiro atoms. The van der Waals surface area contributed by atoms with Crippen LogP contribution in [0.3, 0.4) is 0 Å². The fraction of sp³-hybridized carbons (Fsp3) is 0.179. The number of carbonyl (C=O) groups is 1. The number of aromatic nitrogens is 2. The molecule has 0 N–H and O–H groups in total. The molecule has 0 aliphatic carbocycles. The van der Waals surface area contributed by atoms with Crippen molar-refractivity contribution in [2.75, 3.05) is 31.1 Å². The quantitative estimate of drug-likeness (QED) is 0.454. The number of hydrogen-bond acceptors (Lipinski definition) is 4. The zero-order chi connectivity index (χ0) is 23.3. The predicted molar refractivity (Wildman–Crippen MR) is 132 cm³/mol. The minimum Gasteiger partial charge on any atom is -0.368 e. The highest BCUT2D eigenvalue weighted by Crippen LogP contribution is 2.27. The standard InChI is InChI=1S/C28H25N5O/c29-17-22-6-4-10-25(16-22)32-12-14-33(15-13-32)28(34)27-21-31(19-23-7-5-11-30-18-23)20-26(27)24-8-2-1-3-9-24/h1-11,16,18,20-21H,12-15,19H2. The maximum absolute atomic E-state index is 13.6. The molecule has 5 rings (SSSR count). The molecule has 2 aromatic heterocycles. The lowest BCUT2D eigenvalue weighted by molar-refractivity contribution is 0.0747. The van der Waals surface area contributed by atoms with E-state index in [1.807, 2.05) is 84.0 Å². The second-order valence-electron chi connectivity index (χ2n) is 8.43. The Morgan fingerprint density at radius 2 is 1.76 bits per heavy atom. The van der Waals surface area contributed by atoms with E-state index in [0.29, 0.717) is 25.2 Å². The molecule has 4 aromatic rings. The van der Waals surface area contributed by atoms with Crippen molar-refractivity contribution < 1.29 is 4.79 Å². The van der Waals surface area contributed by atoms with E-state index in [1.54, 1.807) is 6.20 Å². The third-order valence-corrected chi connectivity index (χ3v) is 6.19. The lowest BCUT2D eigenvalue weighted by Gasteiger charge is -2.36. The van der Waals surface area contributed by atoms with Crippen molar-refractivity contribution in [1.29, 1.82) is 5.26 Å². The number of amides is 1. The van der Waals surface area contributed by atoms with E-state index in [-0.39, 0.29) is 5.91 Å². The molecule has 1 aliphatic heterocycles. The van der Waals surface area contributed by atoms with Crippen LogP contribution in [0.1, 0.15) is 21.5 Å². The van der Waals surface area contributed by atoms with Crippen LogP contribution in [0.5, 0.6) is 0 Å². The normalized spacial score (nSPS) is 13.5. The van der Waals surface area contributed by atoms with Gasteiger partial charge >= 0.3 is 0 Å². The molecule has 6 heteroatoms. The number of nitrogens with zero attached hydrogens (tertiary/aromatic N) is 5. The summed E-state index contributed by atoms with van der Waals surface area (Å²) in [5.74, 6) is 0.0502. The van der Waals surface area contributed by atoms with Crippen LogP contribution in [-0.2, 0) is 6.54 Å². The number of benzene rings is 2. The van der Waals surface area contributed by atoms with Gasteiger partial charge in [0, 0.05) is 68.8 Å². The number of pyridine rings is 1. The number of piperazine rings is 1. The van der Waals surface area contributed by atoms with Crippen LogP contribution in [0.4, 0.5) is 5.69 Å². The Labute approximate surface area is 199 Å². The summed E-state index contributed by atoms with van der Waals surface area (Å²) in [5, 5.41) is 9.19. The van der Waals surface area contributed by atoms with Crippen LogP contribution >= 0.6 is 0 Å². The van der Waals surface area contributed by atoms with E-state index in [4.69, 9.17) is 0 Å². The Morgan fingerprint density at radius 1 is 0.941 bits per heavy atom. The van der Waals surface area contributed by atoms with Gasteiger partial charge in [0.25, 0.3) is 5.91 Å². The zero-order valence-electron chi connectivity index (χ0n) is 18.8. The van der Waals surface area contributed by atoms with Crippen LogP contribution in [0.25, 0.3) is 11.1 Å². The maximum atomic E-state index is 13.6. The van der Waals surface area contributed by atoms with Gasteiger partial charge in [0.2, 0.25) is 0 Å². The van der Waals surface area contributed by atoms with Gasteiger partial charge in [-0.2, -0.15) is 5.26 Å². The third-order valence-electron chi connectivity index (χ3n) is 6.19. The molecule has 1 fully saturated rings. The molecular weight excluding hydrogens is 422 g/mol. The van der Waals surface area contributed by atoms with E-state index in [1.165, 1.54) is 0 Å². The second kappa shape index (κ2) is 9.63. The molecule has 0 saturated carbocycles. The number of nitriles is 1. The largest absolute Gasteiger partial charge is 0.368 e. The van der Waals surface area contributed by atoms with Gasteiger partial charge in [-0.1, -0.05) is 42.5 Å². The van der Waals surface area contributed by atoms with E-state index >= 15 is 0 Å².